The largest absolute Gasteiger partial charge is 0.494 e. The Morgan fingerprint density at radius 1 is 0.933 bits per heavy atom. The molecule has 3 rings (SSSR count). The van der Waals surface area contributed by atoms with Gasteiger partial charge in [0.15, 0.2) is 0 Å². The summed E-state index contributed by atoms with van der Waals surface area (Å²) in [6.07, 6.45) is 0. The molecule has 0 aliphatic carbocycles. The summed E-state index contributed by atoms with van der Waals surface area (Å²) in [5, 5.41) is 0. The summed E-state index contributed by atoms with van der Waals surface area (Å²) >= 11 is 1.30. The lowest BCUT2D eigenvalue weighted by molar-refractivity contribution is -0.115. The van der Waals surface area contributed by atoms with E-state index in [4.69, 9.17) is 4.74 Å². The van der Waals surface area contributed by atoms with Gasteiger partial charge in [-0.05, 0) is 62.4 Å². The van der Waals surface area contributed by atoms with Crippen LogP contribution in [0.2, 0.25) is 0 Å². The fourth-order valence-corrected chi connectivity index (χ4v) is 5.07. The average molecular weight is 442 g/mol. The molecular formula is C23H23NO4S2. The maximum absolute atomic E-state index is 13.3. The Morgan fingerprint density at radius 2 is 1.57 bits per heavy atom. The van der Waals surface area contributed by atoms with Crippen molar-refractivity contribution in [2.45, 2.75) is 23.6 Å². The zero-order valence-corrected chi connectivity index (χ0v) is 18.4. The minimum atomic E-state index is -4.06. The number of nitrogens with zero attached hydrogens (tertiary/aromatic N) is 1. The molecule has 7 heteroatoms. The van der Waals surface area contributed by atoms with Gasteiger partial charge in [-0.25, -0.2) is 12.7 Å². The highest BCUT2D eigenvalue weighted by atomic mass is 32.2. The molecule has 30 heavy (non-hydrogen) atoms. The van der Waals surface area contributed by atoms with E-state index in [0.29, 0.717) is 12.4 Å². The number of sulfonamides is 1. The molecular weight excluding hydrogens is 418 g/mol. The Labute approximate surface area is 181 Å². The van der Waals surface area contributed by atoms with E-state index in [1.807, 2.05) is 38.1 Å². The van der Waals surface area contributed by atoms with Crippen molar-refractivity contribution in [2.24, 2.45) is 0 Å². The number of carbonyl (C=O) groups is 1. The third-order valence-electron chi connectivity index (χ3n) is 4.27. The van der Waals surface area contributed by atoms with E-state index in [1.54, 1.807) is 42.5 Å². The molecule has 0 bridgehead atoms. The highest BCUT2D eigenvalue weighted by Crippen LogP contribution is 2.28. The normalized spacial score (nSPS) is 11.1. The van der Waals surface area contributed by atoms with Gasteiger partial charge in [0.1, 0.15) is 5.75 Å². The molecule has 0 N–H and O–H groups in total. The lowest BCUT2D eigenvalue weighted by Crippen LogP contribution is -2.38. The molecule has 0 radical (unpaired) electrons. The topological polar surface area (TPSA) is 63.7 Å². The van der Waals surface area contributed by atoms with Crippen LogP contribution in [0.25, 0.3) is 0 Å². The molecule has 0 saturated heterocycles. The Hall–Kier alpha value is -2.77. The van der Waals surface area contributed by atoms with Gasteiger partial charge in [0, 0.05) is 4.90 Å². The second-order valence-corrected chi connectivity index (χ2v) is 9.34. The van der Waals surface area contributed by atoms with Gasteiger partial charge in [0.25, 0.3) is 15.9 Å². The first-order chi connectivity index (χ1) is 14.4. The van der Waals surface area contributed by atoms with Crippen LogP contribution >= 0.6 is 11.8 Å². The number of aryl methyl sites for hydroxylation is 1. The number of hydrogen-bond donors (Lipinski definition) is 0. The number of hydrogen-bond acceptors (Lipinski definition) is 5. The maximum atomic E-state index is 13.3. The SMILES string of the molecule is CCOc1ccc(N(C(=O)CSc2ccc(C)cc2)S(=O)(=O)c2ccccc2)cc1. The van der Waals surface area contributed by atoms with Crippen LogP contribution in [0.5, 0.6) is 5.75 Å². The Morgan fingerprint density at radius 3 is 2.17 bits per heavy atom. The first-order valence-corrected chi connectivity index (χ1v) is 11.9. The van der Waals surface area contributed by atoms with Crippen molar-refractivity contribution in [3.63, 3.8) is 0 Å². The van der Waals surface area contributed by atoms with Crippen molar-refractivity contribution >= 4 is 33.4 Å². The monoisotopic (exact) mass is 441 g/mol. The third-order valence-corrected chi connectivity index (χ3v) is 7.03. The van der Waals surface area contributed by atoms with E-state index in [2.05, 4.69) is 0 Å². The van der Waals surface area contributed by atoms with E-state index in [1.165, 1.54) is 23.9 Å². The average Bonchev–Trinajstić information content (AvgIpc) is 2.75. The number of anilines is 1. The molecule has 0 atom stereocenters. The van der Waals surface area contributed by atoms with Crippen LogP contribution in [-0.2, 0) is 14.8 Å². The molecule has 0 heterocycles. The summed E-state index contributed by atoms with van der Waals surface area (Å²) in [4.78, 5) is 14.1. The molecule has 1 amide bonds. The minimum Gasteiger partial charge on any atom is -0.494 e. The summed E-state index contributed by atoms with van der Waals surface area (Å²) in [5.74, 6) is 0.0795. The first-order valence-electron chi connectivity index (χ1n) is 9.47. The van der Waals surface area contributed by atoms with Gasteiger partial charge < -0.3 is 4.74 Å². The second-order valence-electron chi connectivity index (χ2n) is 6.50. The Bertz CT molecular complexity index is 1080. The molecule has 3 aromatic carbocycles. The smallest absolute Gasteiger partial charge is 0.270 e. The van der Waals surface area contributed by atoms with E-state index < -0.39 is 15.9 Å². The van der Waals surface area contributed by atoms with Crippen LogP contribution in [-0.4, -0.2) is 26.7 Å². The van der Waals surface area contributed by atoms with Crippen molar-refractivity contribution in [3.05, 3.63) is 84.4 Å². The zero-order valence-electron chi connectivity index (χ0n) is 16.8. The van der Waals surface area contributed by atoms with Crippen molar-refractivity contribution in [1.29, 1.82) is 0 Å². The number of amides is 1. The maximum Gasteiger partial charge on any atom is 0.270 e. The van der Waals surface area contributed by atoms with Crippen LogP contribution in [0.3, 0.4) is 0 Å². The lowest BCUT2D eigenvalue weighted by Gasteiger charge is -2.23. The van der Waals surface area contributed by atoms with Gasteiger partial charge in [-0.2, -0.15) is 0 Å². The number of thioether (sulfide) groups is 1. The van der Waals surface area contributed by atoms with Gasteiger partial charge in [-0.15, -0.1) is 11.8 Å². The molecule has 156 valence electrons. The van der Waals surface area contributed by atoms with E-state index in [0.717, 1.165) is 14.8 Å². The Kier molecular flexibility index (Phi) is 7.18. The van der Waals surface area contributed by atoms with E-state index >= 15 is 0 Å². The highest BCUT2D eigenvalue weighted by Gasteiger charge is 2.30. The fraction of sp³-hybridized carbons (Fsp3) is 0.174. The zero-order chi connectivity index (χ0) is 21.6. The summed E-state index contributed by atoms with van der Waals surface area (Å²) in [5.41, 5.74) is 1.39. The van der Waals surface area contributed by atoms with E-state index in [9.17, 15) is 13.2 Å². The van der Waals surface area contributed by atoms with Gasteiger partial charge in [0.05, 0.1) is 22.9 Å². The van der Waals surface area contributed by atoms with Gasteiger partial charge in [-0.1, -0.05) is 35.9 Å². The fourth-order valence-electron chi connectivity index (χ4n) is 2.80. The predicted molar refractivity (Wildman–Crippen MR) is 121 cm³/mol. The molecule has 3 aromatic rings. The van der Waals surface area contributed by atoms with E-state index in [-0.39, 0.29) is 16.3 Å². The second kappa shape index (κ2) is 9.82. The number of ether oxygens (including phenoxy) is 1. The van der Waals surface area contributed by atoms with Gasteiger partial charge in [0.2, 0.25) is 0 Å². The minimum absolute atomic E-state index is 0.0116. The number of benzene rings is 3. The molecule has 0 aliphatic rings. The van der Waals surface area contributed by atoms with Gasteiger partial charge in [-0.3, -0.25) is 4.79 Å². The summed E-state index contributed by atoms with van der Waals surface area (Å²) in [6.45, 7) is 4.35. The van der Waals surface area contributed by atoms with Crippen LogP contribution in [0.15, 0.2) is 88.7 Å². The van der Waals surface area contributed by atoms with Crippen LogP contribution in [0.1, 0.15) is 12.5 Å². The highest BCUT2D eigenvalue weighted by molar-refractivity contribution is 8.00. The quantitative estimate of drug-likeness (QED) is 0.465. The molecule has 0 fully saturated rings. The van der Waals surface area contributed by atoms with Crippen molar-refractivity contribution < 1.29 is 17.9 Å². The number of rotatable bonds is 8. The molecule has 5 nitrogen and oxygen atoms in total. The Balaban J connectivity index is 1.92. The van der Waals surface area contributed by atoms with Crippen molar-refractivity contribution in [3.8, 4) is 5.75 Å². The molecule has 0 saturated carbocycles. The number of carbonyl (C=O) groups excluding carboxylic acids is 1. The standard InChI is InChI=1S/C23H23NO4S2/c1-3-28-20-13-11-19(12-14-20)24(30(26,27)22-7-5-4-6-8-22)23(25)17-29-21-15-9-18(2)10-16-21/h4-16H,3,17H2,1-2H3. The predicted octanol–water partition coefficient (Wildman–Crippen LogP) is 4.91. The van der Waals surface area contributed by atoms with Crippen LogP contribution < -0.4 is 9.04 Å². The summed E-state index contributed by atoms with van der Waals surface area (Å²) < 4.78 is 32.9. The van der Waals surface area contributed by atoms with Crippen LogP contribution in [0, 0.1) is 6.92 Å². The van der Waals surface area contributed by atoms with Crippen LogP contribution in [0.4, 0.5) is 5.69 Å². The van der Waals surface area contributed by atoms with Gasteiger partial charge >= 0.3 is 0 Å². The van der Waals surface area contributed by atoms with Crippen molar-refractivity contribution in [2.75, 3.05) is 16.7 Å². The lowest BCUT2D eigenvalue weighted by atomic mass is 10.2. The summed E-state index contributed by atoms with van der Waals surface area (Å²) in [6, 6.07) is 22.2. The third kappa shape index (κ3) is 5.23. The first kappa shape index (κ1) is 21.9. The molecule has 0 unspecified atom stereocenters. The molecule has 0 aliphatic heterocycles. The molecule has 0 aromatic heterocycles. The molecule has 0 spiro atoms. The van der Waals surface area contributed by atoms with Crippen molar-refractivity contribution in [1.82, 2.24) is 0 Å². The summed E-state index contributed by atoms with van der Waals surface area (Å²) in [7, 11) is -4.06.